The van der Waals surface area contributed by atoms with Gasteiger partial charge < -0.3 is 14.4 Å². The number of morpholine rings is 1. The minimum Gasteiger partial charge on any atom is -0.396 e. The van der Waals surface area contributed by atoms with Gasteiger partial charge in [-0.3, -0.25) is 9.88 Å². The molecule has 2 saturated heterocycles. The molecule has 2 aliphatic rings. The van der Waals surface area contributed by atoms with Crippen molar-refractivity contribution in [3.05, 3.63) is 61.1 Å². The van der Waals surface area contributed by atoms with Crippen molar-refractivity contribution in [3.8, 4) is 22.6 Å². The van der Waals surface area contributed by atoms with Gasteiger partial charge in [-0.05, 0) is 25.0 Å². The Balaban J connectivity index is 1.34. The molecule has 29 heavy (non-hydrogen) atoms. The van der Waals surface area contributed by atoms with E-state index < -0.39 is 0 Å². The number of aliphatic hydroxyl groups excluding tert-OH is 1. The van der Waals surface area contributed by atoms with Crippen LogP contribution >= 0.6 is 0 Å². The molecular formula is C23H26N4O2. The smallest absolute Gasteiger partial charge is 0.140 e. The van der Waals surface area contributed by atoms with Gasteiger partial charge in [0.2, 0.25) is 0 Å². The Hall–Kier alpha value is -2.54. The van der Waals surface area contributed by atoms with Crippen LogP contribution in [0.5, 0.6) is 0 Å². The Morgan fingerprint density at radius 1 is 0.966 bits per heavy atom. The molecule has 3 aromatic rings. The fourth-order valence-corrected chi connectivity index (χ4v) is 4.59. The van der Waals surface area contributed by atoms with Crippen LogP contribution in [0.3, 0.4) is 0 Å². The number of hydrogen-bond acceptors (Lipinski definition) is 5. The van der Waals surface area contributed by atoms with Crippen LogP contribution in [-0.2, 0) is 4.74 Å². The van der Waals surface area contributed by atoms with E-state index in [4.69, 9.17) is 4.74 Å². The lowest BCUT2D eigenvalue weighted by Crippen LogP contribution is -2.46. The Bertz CT molecular complexity index is 941. The molecule has 0 bridgehead atoms. The van der Waals surface area contributed by atoms with E-state index in [0.29, 0.717) is 18.5 Å². The van der Waals surface area contributed by atoms with Crippen LogP contribution in [0.25, 0.3) is 22.6 Å². The first-order valence-corrected chi connectivity index (χ1v) is 10.3. The maximum absolute atomic E-state index is 9.20. The van der Waals surface area contributed by atoms with Gasteiger partial charge in [0.25, 0.3) is 0 Å². The third kappa shape index (κ3) is 3.71. The monoisotopic (exact) mass is 390 g/mol. The molecule has 150 valence electrons. The van der Waals surface area contributed by atoms with E-state index in [0.717, 1.165) is 48.8 Å². The van der Waals surface area contributed by atoms with Crippen LogP contribution in [0.2, 0.25) is 0 Å². The summed E-state index contributed by atoms with van der Waals surface area (Å²) in [5, 5.41) is 9.20. The molecule has 2 aliphatic heterocycles. The summed E-state index contributed by atoms with van der Waals surface area (Å²) in [5.74, 6) is 1.01. The first-order chi connectivity index (χ1) is 14.3. The summed E-state index contributed by atoms with van der Waals surface area (Å²) in [6.07, 6.45) is 7.74. The number of imidazole rings is 1. The number of nitrogens with zero attached hydrogens (tertiary/aromatic N) is 4. The molecule has 0 amide bonds. The molecule has 4 heterocycles. The SMILES string of the molecule is OCC[C@H]1CN2C[C@H](n3ccnc3-c3ccc(-c4ccccn4)cc3)C[C@H]2CO1. The second kappa shape index (κ2) is 8.06. The third-order valence-corrected chi connectivity index (χ3v) is 6.09. The number of ether oxygens (including phenoxy) is 1. The molecule has 1 aromatic carbocycles. The maximum atomic E-state index is 9.20. The molecule has 2 fully saturated rings. The van der Waals surface area contributed by atoms with Gasteiger partial charge in [0, 0.05) is 61.5 Å². The molecule has 0 saturated carbocycles. The quantitative estimate of drug-likeness (QED) is 0.726. The van der Waals surface area contributed by atoms with Gasteiger partial charge >= 0.3 is 0 Å². The molecule has 0 aliphatic carbocycles. The summed E-state index contributed by atoms with van der Waals surface area (Å²) < 4.78 is 8.25. The predicted molar refractivity (Wildman–Crippen MR) is 111 cm³/mol. The lowest BCUT2D eigenvalue weighted by molar-refractivity contribution is -0.0567. The standard InChI is InChI=1S/C23H26N4O2/c28-12-8-21-15-26-14-19(13-20(26)16-29-21)27-11-10-25-23(27)18-6-4-17(5-7-18)22-3-1-2-9-24-22/h1-7,9-11,19-21,28H,8,12-16H2/t19-,20+,21+/m1/s1. The molecule has 6 heteroatoms. The van der Waals surface area contributed by atoms with Crippen LogP contribution in [0, 0.1) is 0 Å². The van der Waals surface area contributed by atoms with Crippen LogP contribution in [0.4, 0.5) is 0 Å². The molecule has 1 N–H and O–H groups in total. The van der Waals surface area contributed by atoms with E-state index in [1.165, 1.54) is 0 Å². The van der Waals surface area contributed by atoms with Crippen molar-refractivity contribution in [1.82, 2.24) is 19.4 Å². The Morgan fingerprint density at radius 2 is 1.83 bits per heavy atom. The molecule has 0 radical (unpaired) electrons. The summed E-state index contributed by atoms with van der Waals surface area (Å²) in [7, 11) is 0. The van der Waals surface area contributed by atoms with Gasteiger partial charge in [-0.1, -0.05) is 30.3 Å². The van der Waals surface area contributed by atoms with Crippen molar-refractivity contribution in [2.24, 2.45) is 0 Å². The lowest BCUT2D eigenvalue weighted by atomic mass is 10.1. The van der Waals surface area contributed by atoms with Gasteiger partial charge in [-0.15, -0.1) is 0 Å². The average Bonchev–Trinajstić information content (AvgIpc) is 3.41. The highest BCUT2D eigenvalue weighted by Crippen LogP contribution is 2.34. The molecule has 6 nitrogen and oxygen atoms in total. The Kier molecular flexibility index (Phi) is 5.14. The topological polar surface area (TPSA) is 63.4 Å². The fourth-order valence-electron chi connectivity index (χ4n) is 4.59. The number of pyridine rings is 1. The Labute approximate surface area is 170 Å². The number of fused-ring (bicyclic) bond motifs is 1. The first-order valence-electron chi connectivity index (χ1n) is 10.3. The highest BCUT2D eigenvalue weighted by atomic mass is 16.5. The zero-order valence-corrected chi connectivity index (χ0v) is 16.4. The van der Waals surface area contributed by atoms with E-state index >= 15 is 0 Å². The van der Waals surface area contributed by atoms with Crippen LogP contribution in [-0.4, -0.2) is 63.0 Å². The van der Waals surface area contributed by atoms with Crippen molar-refractivity contribution in [2.45, 2.75) is 31.0 Å². The highest BCUT2D eigenvalue weighted by molar-refractivity contribution is 5.65. The number of hydrogen-bond donors (Lipinski definition) is 1. The van der Waals surface area contributed by atoms with E-state index in [-0.39, 0.29) is 12.7 Å². The van der Waals surface area contributed by atoms with Crippen LogP contribution in [0.1, 0.15) is 18.9 Å². The minimum absolute atomic E-state index is 0.149. The fraction of sp³-hybridized carbons (Fsp3) is 0.391. The number of aromatic nitrogens is 3. The summed E-state index contributed by atoms with van der Waals surface area (Å²) in [6, 6.07) is 15.3. The van der Waals surface area contributed by atoms with Gasteiger partial charge in [0.05, 0.1) is 18.4 Å². The first kappa shape index (κ1) is 18.5. The summed E-state index contributed by atoms with van der Waals surface area (Å²) >= 11 is 0. The van der Waals surface area contributed by atoms with E-state index in [2.05, 4.69) is 49.9 Å². The maximum Gasteiger partial charge on any atom is 0.140 e. The van der Waals surface area contributed by atoms with Crippen molar-refractivity contribution in [1.29, 1.82) is 0 Å². The number of benzene rings is 1. The van der Waals surface area contributed by atoms with Crippen molar-refractivity contribution in [3.63, 3.8) is 0 Å². The lowest BCUT2D eigenvalue weighted by Gasteiger charge is -2.34. The van der Waals surface area contributed by atoms with Crippen molar-refractivity contribution < 1.29 is 9.84 Å². The largest absolute Gasteiger partial charge is 0.396 e. The zero-order valence-electron chi connectivity index (χ0n) is 16.4. The van der Waals surface area contributed by atoms with Gasteiger partial charge in [0.1, 0.15) is 5.82 Å². The third-order valence-electron chi connectivity index (χ3n) is 6.09. The predicted octanol–water partition coefficient (Wildman–Crippen LogP) is 3.01. The van der Waals surface area contributed by atoms with E-state index in [1.807, 2.05) is 30.6 Å². The second-order valence-corrected chi connectivity index (χ2v) is 7.92. The van der Waals surface area contributed by atoms with E-state index in [1.54, 1.807) is 0 Å². The molecule has 0 spiro atoms. The summed E-state index contributed by atoms with van der Waals surface area (Å²) in [4.78, 5) is 11.6. The number of aliphatic hydroxyl groups is 1. The van der Waals surface area contributed by atoms with E-state index in [9.17, 15) is 5.11 Å². The van der Waals surface area contributed by atoms with Gasteiger partial charge in [0.15, 0.2) is 0 Å². The minimum atomic E-state index is 0.149. The summed E-state index contributed by atoms with van der Waals surface area (Å²) in [5.41, 5.74) is 3.21. The average molecular weight is 390 g/mol. The molecule has 2 aromatic heterocycles. The summed E-state index contributed by atoms with van der Waals surface area (Å²) in [6.45, 7) is 2.85. The zero-order chi connectivity index (χ0) is 19.6. The normalized spacial score (nSPS) is 24.5. The molecular weight excluding hydrogens is 364 g/mol. The number of rotatable bonds is 5. The highest BCUT2D eigenvalue weighted by Gasteiger charge is 2.38. The van der Waals surface area contributed by atoms with Gasteiger partial charge in [-0.25, -0.2) is 4.98 Å². The van der Waals surface area contributed by atoms with Crippen molar-refractivity contribution in [2.75, 3.05) is 26.3 Å². The molecule has 5 rings (SSSR count). The molecule has 3 atom stereocenters. The van der Waals surface area contributed by atoms with Crippen LogP contribution < -0.4 is 0 Å². The molecule has 0 unspecified atom stereocenters. The van der Waals surface area contributed by atoms with Gasteiger partial charge in [-0.2, -0.15) is 0 Å². The van der Waals surface area contributed by atoms with Crippen molar-refractivity contribution >= 4 is 0 Å². The van der Waals surface area contributed by atoms with Crippen LogP contribution in [0.15, 0.2) is 61.1 Å². The Morgan fingerprint density at radius 3 is 2.62 bits per heavy atom. The second-order valence-electron chi connectivity index (χ2n) is 7.92.